The molecule has 2 aromatic carbocycles. The van der Waals surface area contributed by atoms with Gasteiger partial charge in [0.25, 0.3) is 0 Å². The van der Waals surface area contributed by atoms with Crippen molar-refractivity contribution in [3.8, 4) is 11.5 Å². The smallest absolute Gasteiger partial charge is 0.139 e. The van der Waals surface area contributed by atoms with Crippen molar-refractivity contribution in [3.05, 3.63) is 56.5 Å². The second kappa shape index (κ2) is 7.92. The molecule has 3 rings (SSSR count). The summed E-state index contributed by atoms with van der Waals surface area (Å²) in [5.74, 6) is 2.18. The number of carbonyl (C=O) groups excluding carboxylic acids is 1. The normalized spacial score (nSPS) is 19.4. The summed E-state index contributed by atoms with van der Waals surface area (Å²) in [4.78, 5) is 12.6. The van der Waals surface area contributed by atoms with Gasteiger partial charge in [0, 0.05) is 20.8 Å². The molecule has 0 bridgehead atoms. The Morgan fingerprint density at radius 2 is 1.32 bits per heavy atom. The molecule has 0 amide bonds. The van der Waals surface area contributed by atoms with E-state index < -0.39 is 0 Å². The summed E-state index contributed by atoms with van der Waals surface area (Å²) >= 11 is 7.14. The Morgan fingerprint density at radius 1 is 0.880 bits per heavy atom. The third kappa shape index (κ3) is 4.09. The number of hydrogen-bond acceptors (Lipinski definition) is 3. The first-order valence-electron chi connectivity index (χ1n) is 8.20. The van der Waals surface area contributed by atoms with Gasteiger partial charge in [-0.1, -0.05) is 31.9 Å². The van der Waals surface area contributed by atoms with Crippen molar-refractivity contribution in [2.45, 2.75) is 19.3 Å². The van der Waals surface area contributed by atoms with Crippen LogP contribution in [0.1, 0.15) is 17.5 Å². The van der Waals surface area contributed by atoms with Crippen LogP contribution in [0.4, 0.5) is 0 Å². The number of halogens is 2. The molecule has 1 aliphatic carbocycles. The molecule has 1 fully saturated rings. The van der Waals surface area contributed by atoms with E-state index in [4.69, 9.17) is 9.47 Å². The fraction of sp³-hybridized carbons (Fsp3) is 0.350. The molecule has 0 radical (unpaired) electrons. The largest absolute Gasteiger partial charge is 0.497 e. The van der Waals surface area contributed by atoms with Crippen molar-refractivity contribution >= 4 is 37.6 Å². The number of hydrogen-bond donors (Lipinski definition) is 0. The third-order valence-electron chi connectivity index (χ3n) is 4.81. The van der Waals surface area contributed by atoms with Crippen LogP contribution in [-0.2, 0) is 17.6 Å². The van der Waals surface area contributed by atoms with Crippen LogP contribution < -0.4 is 9.47 Å². The van der Waals surface area contributed by atoms with Gasteiger partial charge in [0.05, 0.1) is 14.2 Å². The third-order valence-corrected chi connectivity index (χ3v) is 6.36. The lowest BCUT2D eigenvalue weighted by Crippen LogP contribution is -2.39. The average molecular weight is 468 g/mol. The Bertz CT molecular complexity index is 725. The van der Waals surface area contributed by atoms with Gasteiger partial charge in [-0.15, -0.1) is 0 Å². The zero-order valence-corrected chi connectivity index (χ0v) is 17.4. The van der Waals surface area contributed by atoms with E-state index in [1.807, 2.05) is 36.4 Å². The first-order valence-corrected chi connectivity index (χ1v) is 9.79. The lowest BCUT2D eigenvalue weighted by Gasteiger charge is -2.34. The van der Waals surface area contributed by atoms with E-state index in [9.17, 15) is 4.79 Å². The van der Waals surface area contributed by atoms with Crippen LogP contribution in [0.2, 0.25) is 0 Å². The number of rotatable bonds is 6. The minimum absolute atomic E-state index is 0.0952. The van der Waals surface area contributed by atoms with Crippen LogP contribution >= 0.6 is 31.9 Å². The van der Waals surface area contributed by atoms with Gasteiger partial charge in [-0.2, -0.15) is 0 Å². The van der Waals surface area contributed by atoms with Gasteiger partial charge >= 0.3 is 0 Å². The Morgan fingerprint density at radius 3 is 1.68 bits per heavy atom. The molecule has 2 atom stereocenters. The van der Waals surface area contributed by atoms with Crippen molar-refractivity contribution in [1.29, 1.82) is 0 Å². The van der Waals surface area contributed by atoms with E-state index in [1.54, 1.807) is 14.2 Å². The molecule has 25 heavy (non-hydrogen) atoms. The van der Waals surface area contributed by atoms with Gasteiger partial charge < -0.3 is 9.47 Å². The van der Waals surface area contributed by atoms with E-state index in [1.165, 1.54) is 0 Å². The number of Topliss-reactive ketones (excluding diaryl/α,β-unsaturated/α-hetero) is 1. The summed E-state index contributed by atoms with van der Waals surface area (Å²) in [6.07, 6.45) is 2.44. The fourth-order valence-electron chi connectivity index (χ4n) is 3.32. The summed E-state index contributed by atoms with van der Waals surface area (Å²) in [5, 5.41) is 0. The maximum absolute atomic E-state index is 12.6. The number of ketones is 1. The summed E-state index contributed by atoms with van der Waals surface area (Å²) in [5.41, 5.74) is 2.25. The molecule has 1 saturated carbocycles. The van der Waals surface area contributed by atoms with Gasteiger partial charge in [0.15, 0.2) is 0 Å². The standard InChI is InChI=1S/C20H20Br2O3/c1-24-16-3-5-18(21)12(10-16)7-14-9-15(20(14)23)8-13-11-17(25-2)4-6-19(13)22/h3-6,10-11,14-15H,7-9H2,1-2H3/t14-,15?/m0/s1. The van der Waals surface area contributed by atoms with Crippen molar-refractivity contribution in [1.82, 2.24) is 0 Å². The van der Waals surface area contributed by atoms with Crippen molar-refractivity contribution in [2.75, 3.05) is 14.2 Å². The van der Waals surface area contributed by atoms with E-state index >= 15 is 0 Å². The number of carbonyl (C=O) groups is 1. The van der Waals surface area contributed by atoms with Crippen LogP contribution in [0.3, 0.4) is 0 Å². The molecule has 0 aromatic heterocycles. The first-order chi connectivity index (χ1) is 12.0. The molecule has 0 N–H and O–H groups in total. The maximum atomic E-state index is 12.6. The zero-order chi connectivity index (χ0) is 18.0. The molecule has 1 aliphatic rings. The second-order valence-corrected chi connectivity index (χ2v) is 8.06. The summed E-state index contributed by atoms with van der Waals surface area (Å²) in [7, 11) is 3.31. The van der Waals surface area contributed by atoms with Gasteiger partial charge in [0.1, 0.15) is 17.3 Å². The SMILES string of the molecule is COc1ccc(Br)c(CC2C[C@H](Cc3cc(OC)ccc3Br)C2=O)c1. The Hall–Kier alpha value is -1.33. The van der Waals surface area contributed by atoms with Crippen molar-refractivity contribution in [2.24, 2.45) is 11.8 Å². The van der Waals surface area contributed by atoms with Crippen LogP contribution in [0, 0.1) is 11.8 Å². The van der Waals surface area contributed by atoms with Crippen LogP contribution in [-0.4, -0.2) is 20.0 Å². The number of methoxy groups -OCH3 is 2. The van der Waals surface area contributed by atoms with E-state index in [0.717, 1.165) is 50.8 Å². The summed E-state index contributed by atoms with van der Waals surface area (Å²) < 4.78 is 12.6. The lowest BCUT2D eigenvalue weighted by atomic mass is 9.68. The highest BCUT2D eigenvalue weighted by Crippen LogP contribution is 2.38. The van der Waals surface area contributed by atoms with E-state index in [2.05, 4.69) is 31.9 Å². The molecule has 132 valence electrons. The van der Waals surface area contributed by atoms with Gasteiger partial charge in [-0.05, 0) is 66.8 Å². The first kappa shape index (κ1) is 18.5. The molecule has 0 aliphatic heterocycles. The predicted molar refractivity (Wildman–Crippen MR) is 105 cm³/mol. The van der Waals surface area contributed by atoms with Gasteiger partial charge in [-0.25, -0.2) is 0 Å². The lowest BCUT2D eigenvalue weighted by molar-refractivity contribution is -0.135. The fourth-order valence-corrected chi connectivity index (χ4v) is 4.13. The van der Waals surface area contributed by atoms with E-state index in [-0.39, 0.29) is 11.8 Å². The molecular weight excluding hydrogens is 448 g/mol. The molecule has 3 nitrogen and oxygen atoms in total. The maximum Gasteiger partial charge on any atom is 0.139 e. The van der Waals surface area contributed by atoms with Crippen LogP contribution in [0.25, 0.3) is 0 Å². The predicted octanol–water partition coefficient (Wildman–Crippen LogP) is 5.22. The highest BCUT2D eigenvalue weighted by molar-refractivity contribution is 9.10. The zero-order valence-electron chi connectivity index (χ0n) is 14.2. The topological polar surface area (TPSA) is 35.5 Å². The van der Waals surface area contributed by atoms with Crippen LogP contribution in [0.5, 0.6) is 11.5 Å². The Labute approximate surface area is 165 Å². The highest BCUT2D eigenvalue weighted by Gasteiger charge is 2.39. The minimum Gasteiger partial charge on any atom is -0.497 e. The summed E-state index contributed by atoms with van der Waals surface area (Å²) in [6, 6.07) is 11.8. The number of ether oxygens (including phenoxy) is 2. The molecule has 0 spiro atoms. The van der Waals surface area contributed by atoms with Gasteiger partial charge in [-0.3, -0.25) is 4.79 Å². The highest BCUT2D eigenvalue weighted by atomic mass is 79.9. The number of benzene rings is 2. The minimum atomic E-state index is 0.0952. The monoisotopic (exact) mass is 466 g/mol. The Kier molecular flexibility index (Phi) is 5.85. The molecule has 2 aromatic rings. The molecule has 0 saturated heterocycles. The van der Waals surface area contributed by atoms with Gasteiger partial charge in [0.2, 0.25) is 0 Å². The summed E-state index contributed by atoms with van der Waals surface area (Å²) in [6.45, 7) is 0. The molecule has 5 heteroatoms. The average Bonchev–Trinajstić information content (AvgIpc) is 2.63. The Balaban J connectivity index is 1.64. The molecule has 1 unspecified atom stereocenters. The quantitative estimate of drug-likeness (QED) is 0.584. The molecular formula is C20H20Br2O3. The molecule has 0 heterocycles. The van der Waals surface area contributed by atoms with Crippen molar-refractivity contribution in [3.63, 3.8) is 0 Å². The van der Waals surface area contributed by atoms with Crippen LogP contribution in [0.15, 0.2) is 45.3 Å². The van der Waals surface area contributed by atoms with Crippen molar-refractivity contribution < 1.29 is 14.3 Å². The van der Waals surface area contributed by atoms with E-state index in [0.29, 0.717) is 5.78 Å². The second-order valence-electron chi connectivity index (χ2n) is 6.35.